The first-order valence-corrected chi connectivity index (χ1v) is 7.40. The Bertz CT molecular complexity index is 433. The Morgan fingerprint density at radius 3 is 2.89 bits per heavy atom. The standard InChI is InChI=1S/C15H21ClN2/c16-13-9-11(5-6-14(13)17)10-18-8-7-12-3-1-2-4-15(12)18/h5-6,9,12,15H,1-4,7-8,10,17H2. The van der Waals surface area contributed by atoms with Gasteiger partial charge in [0.2, 0.25) is 0 Å². The maximum absolute atomic E-state index is 6.09. The van der Waals surface area contributed by atoms with E-state index in [4.69, 9.17) is 17.3 Å². The number of likely N-dealkylation sites (tertiary alicyclic amines) is 1. The minimum atomic E-state index is 0.678. The van der Waals surface area contributed by atoms with E-state index in [1.165, 1.54) is 44.2 Å². The van der Waals surface area contributed by atoms with E-state index < -0.39 is 0 Å². The third-order valence-corrected chi connectivity index (χ3v) is 4.90. The maximum atomic E-state index is 6.09. The highest BCUT2D eigenvalue weighted by atomic mass is 35.5. The minimum Gasteiger partial charge on any atom is -0.398 e. The Labute approximate surface area is 114 Å². The van der Waals surface area contributed by atoms with Gasteiger partial charge in [0.15, 0.2) is 0 Å². The molecule has 0 spiro atoms. The molecule has 1 aromatic rings. The van der Waals surface area contributed by atoms with Crippen molar-refractivity contribution in [3.8, 4) is 0 Å². The summed E-state index contributed by atoms with van der Waals surface area (Å²) in [5.74, 6) is 0.947. The van der Waals surface area contributed by atoms with Crippen molar-refractivity contribution in [2.75, 3.05) is 12.3 Å². The van der Waals surface area contributed by atoms with Crippen LogP contribution in [-0.2, 0) is 6.54 Å². The summed E-state index contributed by atoms with van der Waals surface area (Å²) in [6, 6.07) is 6.87. The van der Waals surface area contributed by atoms with Crippen LogP contribution in [0.3, 0.4) is 0 Å². The topological polar surface area (TPSA) is 29.3 Å². The van der Waals surface area contributed by atoms with E-state index in [1.807, 2.05) is 12.1 Å². The molecule has 1 aliphatic carbocycles. The summed E-state index contributed by atoms with van der Waals surface area (Å²) < 4.78 is 0. The van der Waals surface area contributed by atoms with Gasteiger partial charge in [-0.3, -0.25) is 4.90 Å². The fourth-order valence-electron chi connectivity index (χ4n) is 3.60. The number of hydrogen-bond donors (Lipinski definition) is 1. The van der Waals surface area contributed by atoms with Gasteiger partial charge in [0.25, 0.3) is 0 Å². The Morgan fingerprint density at radius 1 is 1.22 bits per heavy atom. The molecule has 1 heterocycles. The van der Waals surface area contributed by atoms with Crippen LogP contribution in [0.2, 0.25) is 5.02 Å². The van der Waals surface area contributed by atoms with Gasteiger partial charge in [0.1, 0.15) is 0 Å². The van der Waals surface area contributed by atoms with Crippen LogP contribution < -0.4 is 5.73 Å². The first kappa shape index (κ1) is 12.3. The summed E-state index contributed by atoms with van der Waals surface area (Å²) in [4.78, 5) is 2.64. The van der Waals surface area contributed by atoms with Crippen molar-refractivity contribution in [3.05, 3.63) is 28.8 Å². The highest BCUT2D eigenvalue weighted by Crippen LogP contribution is 2.37. The van der Waals surface area contributed by atoms with Gasteiger partial charge in [0, 0.05) is 12.6 Å². The number of nitrogens with two attached hydrogens (primary N) is 1. The molecular formula is C15H21ClN2. The first-order chi connectivity index (χ1) is 8.74. The van der Waals surface area contributed by atoms with Gasteiger partial charge >= 0.3 is 0 Å². The smallest absolute Gasteiger partial charge is 0.0638 e. The van der Waals surface area contributed by atoms with Crippen LogP contribution in [0.4, 0.5) is 5.69 Å². The largest absolute Gasteiger partial charge is 0.398 e. The predicted molar refractivity (Wildman–Crippen MR) is 76.6 cm³/mol. The van der Waals surface area contributed by atoms with Crippen LogP contribution in [0.1, 0.15) is 37.7 Å². The monoisotopic (exact) mass is 264 g/mol. The van der Waals surface area contributed by atoms with E-state index in [9.17, 15) is 0 Å². The molecule has 2 fully saturated rings. The lowest BCUT2D eigenvalue weighted by Gasteiger charge is -2.31. The lowest BCUT2D eigenvalue weighted by Crippen LogP contribution is -2.34. The van der Waals surface area contributed by atoms with Gasteiger partial charge < -0.3 is 5.73 Å². The molecule has 3 heteroatoms. The van der Waals surface area contributed by atoms with Gasteiger partial charge in [-0.2, -0.15) is 0 Å². The summed E-state index contributed by atoms with van der Waals surface area (Å²) >= 11 is 6.09. The average Bonchev–Trinajstić information content (AvgIpc) is 2.78. The molecule has 3 rings (SSSR count). The lowest BCUT2D eigenvalue weighted by atomic mass is 9.85. The van der Waals surface area contributed by atoms with Crippen LogP contribution >= 0.6 is 11.6 Å². The van der Waals surface area contributed by atoms with Gasteiger partial charge in [0.05, 0.1) is 10.7 Å². The van der Waals surface area contributed by atoms with Crippen molar-refractivity contribution >= 4 is 17.3 Å². The number of nitrogens with zero attached hydrogens (tertiary/aromatic N) is 1. The number of anilines is 1. The molecule has 1 saturated carbocycles. The molecule has 2 atom stereocenters. The molecular weight excluding hydrogens is 244 g/mol. The highest BCUT2D eigenvalue weighted by Gasteiger charge is 2.35. The molecule has 1 aliphatic heterocycles. The lowest BCUT2D eigenvalue weighted by molar-refractivity contribution is 0.176. The zero-order chi connectivity index (χ0) is 12.5. The number of rotatable bonds is 2. The van der Waals surface area contributed by atoms with Crippen molar-refractivity contribution in [3.63, 3.8) is 0 Å². The van der Waals surface area contributed by atoms with Crippen molar-refractivity contribution in [1.29, 1.82) is 0 Å². The molecule has 18 heavy (non-hydrogen) atoms. The SMILES string of the molecule is Nc1ccc(CN2CCC3CCCCC32)cc1Cl. The molecule has 2 N–H and O–H groups in total. The summed E-state index contributed by atoms with van der Waals surface area (Å²) in [5, 5.41) is 0.687. The molecule has 98 valence electrons. The van der Waals surface area contributed by atoms with Crippen LogP contribution in [0.15, 0.2) is 18.2 Å². The van der Waals surface area contributed by atoms with Crippen molar-refractivity contribution in [2.24, 2.45) is 5.92 Å². The Balaban J connectivity index is 1.70. The van der Waals surface area contributed by atoms with Gasteiger partial charge in [-0.25, -0.2) is 0 Å². The third-order valence-electron chi connectivity index (χ3n) is 4.58. The second-order valence-corrected chi connectivity index (χ2v) is 6.13. The van der Waals surface area contributed by atoms with Crippen LogP contribution in [0, 0.1) is 5.92 Å². The molecule has 0 amide bonds. The molecule has 1 aromatic carbocycles. The third kappa shape index (κ3) is 2.36. The van der Waals surface area contributed by atoms with E-state index in [2.05, 4.69) is 11.0 Å². The summed E-state index contributed by atoms with van der Waals surface area (Å²) in [6.45, 7) is 2.28. The summed E-state index contributed by atoms with van der Waals surface area (Å²) in [7, 11) is 0. The number of halogens is 1. The molecule has 0 aromatic heterocycles. The fraction of sp³-hybridized carbons (Fsp3) is 0.600. The first-order valence-electron chi connectivity index (χ1n) is 7.02. The second-order valence-electron chi connectivity index (χ2n) is 5.73. The predicted octanol–water partition coefficient (Wildman–Crippen LogP) is 3.69. The van der Waals surface area contributed by atoms with E-state index in [0.717, 1.165) is 18.5 Å². The van der Waals surface area contributed by atoms with Crippen molar-refractivity contribution < 1.29 is 0 Å². The molecule has 0 bridgehead atoms. The number of fused-ring (bicyclic) bond motifs is 1. The number of benzene rings is 1. The van der Waals surface area contributed by atoms with Crippen LogP contribution in [-0.4, -0.2) is 17.5 Å². The normalized spacial score (nSPS) is 28.3. The second kappa shape index (κ2) is 5.10. The van der Waals surface area contributed by atoms with Gasteiger partial charge in [-0.15, -0.1) is 0 Å². The summed E-state index contributed by atoms with van der Waals surface area (Å²) in [5.41, 5.74) is 7.73. The van der Waals surface area contributed by atoms with E-state index in [0.29, 0.717) is 10.7 Å². The van der Waals surface area contributed by atoms with Gasteiger partial charge in [-0.1, -0.05) is 30.5 Å². The molecule has 2 nitrogen and oxygen atoms in total. The highest BCUT2D eigenvalue weighted by molar-refractivity contribution is 6.33. The summed E-state index contributed by atoms with van der Waals surface area (Å²) in [6.07, 6.45) is 7.03. The zero-order valence-electron chi connectivity index (χ0n) is 10.7. The van der Waals surface area contributed by atoms with Crippen LogP contribution in [0.5, 0.6) is 0 Å². The molecule has 2 unspecified atom stereocenters. The zero-order valence-corrected chi connectivity index (χ0v) is 11.5. The molecule has 2 aliphatic rings. The molecule has 1 saturated heterocycles. The quantitative estimate of drug-likeness (QED) is 0.826. The Morgan fingerprint density at radius 2 is 2.06 bits per heavy atom. The number of nitrogen functional groups attached to an aromatic ring is 1. The van der Waals surface area contributed by atoms with E-state index in [1.54, 1.807) is 0 Å². The Kier molecular flexibility index (Phi) is 3.49. The maximum Gasteiger partial charge on any atom is 0.0638 e. The van der Waals surface area contributed by atoms with E-state index in [-0.39, 0.29) is 0 Å². The van der Waals surface area contributed by atoms with Gasteiger partial charge in [-0.05, 0) is 49.4 Å². The number of hydrogen-bond acceptors (Lipinski definition) is 2. The fourth-order valence-corrected chi connectivity index (χ4v) is 3.81. The van der Waals surface area contributed by atoms with E-state index >= 15 is 0 Å². The molecule has 0 radical (unpaired) electrons. The van der Waals surface area contributed by atoms with Crippen molar-refractivity contribution in [1.82, 2.24) is 4.90 Å². The minimum absolute atomic E-state index is 0.678. The van der Waals surface area contributed by atoms with Crippen molar-refractivity contribution in [2.45, 2.75) is 44.7 Å². The Hall–Kier alpha value is -0.730. The van der Waals surface area contributed by atoms with Crippen LogP contribution in [0.25, 0.3) is 0 Å². The average molecular weight is 265 g/mol.